The Balaban J connectivity index is 0.967. The third kappa shape index (κ3) is 6.18. The number of halogens is 2. The second-order valence-corrected chi connectivity index (χ2v) is 16.4. The Bertz CT molecular complexity index is 1370. The second-order valence-electron chi connectivity index (χ2n) is 16.4. The lowest BCUT2D eigenvalue weighted by molar-refractivity contribution is -0.122. The summed E-state index contributed by atoms with van der Waals surface area (Å²) in [6.07, 6.45) is 10.6. The maximum absolute atomic E-state index is 14.6. The molecule has 7 nitrogen and oxygen atoms in total. The van der Waals surface area contributed by atoms with Crippen LogP contribution in [0, 0.1) is 51.6 Å². The Morgan fingerprint density at radius 3 is 2.58 bits per heavy atom. The molecule has 1 aromatic rings. The molecular weight excluding hydrogens is 616 g/mol. The first-order valence-electron chi connectivity index (χ1n) is 18.5. The number of hydrogen-bond donors (Lipinski definition) is 4. The van der Waals surface area contributed by atoms with Gasteiger partial charge in [0.1, 0.15) is 36.1 Å². The lowest BCUT2D eigenvalue weighted by atomic mass is 9.45. The van der Waals surface area contributed by atoms with E-state index < -0.39 is 42.7 Å². The number of ether oxygens (including phenoxy) is 2. The smallest absolute Gasteiger partial charge is 0.220 e. The molecule has 1 saturated heterocycles. The average Bonchev–Trinajstić information content (AvgIpc) is 3.51. The number of benzene rings is 1. The first-order chi connectivity index (χ1) is 22.8. The van der Waals surface area contributed by atoms with E-state index in [0.29, 0.717) is 29.2 Å². The van der Waals surface area contributed by atoms with Gasteiger partial charge in [-0.2, -0.15) is 0 Å². The van der Waals surface area contributed by atoms with Gasteiger partial charge in [0.15, 0.2) is 0 Å². The minimum Gasteiger partial charge on any atom is -0.394 e. The number of fused-ring (bicyclic) bond motifs is 5. The Morgan fingerprint density at radius 2 is 1.83 bits per heavy atom. The van der Waals surface area contributed by atoms with Crippen LogP contribution in [0.1, 0.15) is 116 Å². The number of carbonyl (C=O) groups excluding carboxylic acids is 1. The lowest BCUT2D eigenvalue weighted by Crippen LogP contribution is -2.52. The highest BCUT2D eigenvalue weighted by atomic mass is 19.1. The predicted octanol–water partition coefficient (Wildman–Crippen LogP) is 6.53. The van der Waals surface area contributed by atoms with Crippen LogP contribution in [0.25, 0.3) is 0 Å². The summed E-state index contributed by atoms with van der Waals surface area (Å²) >= 11 is 0. The standard InChI is InChI=1S/C39H57F2NO6/c1-23(38(3)15-13-29-26-10-9-25-7-5-6-14-37(25,2)28(26)12-16-39(29,38)4)8-11-33(44)42-17-18-47-22-24-19-27(31(41)20-30(24)40)36-35(46)34(45)32(21-43)48-36/h9,19-20,23,26,28-29,32,34-36,43,45-46H,5-8,10-18,21-22H2,1-4H3,(H,42,44)/t23-,26-,28+,29+,32-,34+,35?,36+,37+,38-,39+/m1/s1. The summed E-state index contributed by atoms with van der Waals surface area (Å²) in [6, 6.07) is 1.91. The molecule has 0 radical (unpaired) electrons. The van der Waals surface area contributed by atoms with Crippen LogP contribution >= 0.6 is 0 Å². The van der Waals surface area contributed by atoms with Gasteiger partial charge in [-0.1, -0.05) is 45.8 Å². The van der Waals surface area contributed by atoms with Gasteiger partial charge < -0.3 is 30.1 Å². The highest BCUT2D eigenvalue weighted by molar-refractivity contribution is 5.75. The van der Waals surface area contributed by atoms with Gasteiger partial charge in [0.05, 0.1) is 19.8 Å². The molecule has 48 heavy (non-hydrogen) atoms. The fourth-order valence-corrected chi connectivity index (χ4v) is 11.1. The van der Waals surface area contributed by atoms with E-state index in [4.69, 9.17) is 9.47 Å². The van der Waals surface area contributed by atoms with E-state index in [2.05, 4.69) is 39.1 Å². The quantitative estimate of drug-likeness (QED) is 0.157. The van der Waals surface area contributed by atoms with E-state index in [1.54, 1.807) is 5.57 Å². The van der Waals surface area contributed by atoms with Crippen molar-refractivity contribution in [3.63, 3.8) is 0 Å². The monoisotopic (exact) mass is 673 g/mol. The molecule has 0 aromatic heterocycles. The zero-order valence-corrected chi connectivity index (χ0v) is 29.3. The first kappa shape index (κ1) is 35.9. The van der Waals surface area contributed by atoms with E-state index >= 15 is 0 Å². The fraction of sp³-hybridized carbons (Fsp3) is 0.769. The molecule has 0 bridgehead atoms. The van der Waals surface area contributed by atoms with Gasteiger partial charge >= 0.3 is 0 Å². The Kier molecular flexibility index (Phi) is 10.5. The molecule has 1 aliphatic heterocycles. The second kappa shape index (κ2) is 14.0. The van der Waals surface area contributed by atoms with Crippen LogP contribution < -0.4 is 5.32 Å². The van der Waals surface area contributed by atoms with Gasteiger partial charge in [-0.25, -0.2) is 8.78 Å². The van der Waals surface area contributed by atoms with Crippen molar-refractivity contribution in [3.05, 3.63) is 46.5 Å². The lowest BCUT2D eigenvalue weighted by Gasteiger charge is -2.60. The third-order valence-corrected chi connectivity index (χ3v) is 14.4. The fourth-order valence-electron chi connectivity index (χ4n) is 11.1. The average molecular weight is 674 g/mol. The molecule has 1 amide bonds. The van der Waals surface area contributed by atoms with Gasteiger partial charge in [0, 0.05) is 30.2 Å². The number of carbonyl (C=O) groups is 1. The molecule has 1 unspecified atom stereocenters. The zero-order valence-electron chi connectivity index (χ0n) is 29.3. The van der Waals surface area contributed by atoms with Gasteiger partial charge in [-0.15, -0.1) is 0 Å². The normalized spacial score (nSPS) is 39.7. The molecule has 6 rings (SSSR count). The van der Waals surface area contributed by atoms with Crippen molar-refractivity contribution in [2.45, 2.75) is 129 Å². The van der Waals surface area contributed by atoms with Crippen molar-refractivity contribution >= 4 is 5.91 Å². The van der Waals surface area contributed by atoms with Crippen LogP contribution in [0.3, 0.4) is 0 Å². The topological polar surface area (TPSA) is 108 Å². The zero-order chi connectivity index (χ0) is 34.4. The maximum atomic E-state index is 14.6. The summed E-state index contributed by atoms with van der Waals surface area (Å²) in [7, 11) is 0. The largest absolute Gasteiger partial charge is 0.394 e. The van der Waals surface area contributed by atoms with Gasteiger partial charge in [0.2, 0.25) is 5.91 Å². The van der Waals surface area contributed by atoms with E-state index in [1.807, 2.05) is 0 Å². The Hall–Kier alpha value is -1.91. The number of nitrogens with one attached hydrogen (secondary N) is 1. The molecule has 3 saturated carbocycles. The summed E-state index contributed by atoms with van der Waals surface area (Å²) in [5, 5.41) is 32.6. The van der Waals surface area contributed by atoms with E-state index in [0.717, 1.165) is 24.2 Å². The number of hydrogen-bond acceptors (Lipinski definition) is 6. The highest BCUT2D eigenvalue weighted by Crippen LogP contribution is 2.71. The van der Waals surface area contributed by atoms with E-state index in [1.165, 1.54) is 63.9 Å². The summed E-state index contributed by atoms with van der Waals surface area (Å²) < 4.78 is 40.1. The predicted molar refractivity (Wildman–Crippen MR) is 179 cm³/mol. The molecule has 4 N–H and O–H groups in total. The molecule has 4 fully saturated rings. The molecule has 11 atom stereocenters. The molecule has 0 spiro atoms. The van der Waals surface area contributed by atoms with Crippen molar-refractivity contribution in [3.8, 4) is 0 Å². The van der Waals surface area contributed by atoms with Crippen LogP contribution in [-0.2, 0) is 20.9 Å². The van der Waals surface area contributed by atoms with Crippen LogP contribution in [0.4, 0.5) is 8.78 Å². The van der Waals surface area contributed by atoms with Crippen LogP contribution in [0.15, 0.2) is 23.8 Å². The minimum absolute atomic E-state index is 0.0211. The van der Waals surface area contributed by atoms with Crippen molar-refractivity contribution in [1.29, 1.82) is 0 Å². The van der Waals surface area contributed by atoms with Crippen molar-refractivity contribution < 1.29 is 38.4 Å². The van der Waals surface area contributed by atoms with Crippen LogP contribution in [0.2, 0.25) is 0 Å². The SMILES string of the molecule is C[C@H](CCC(=O)NCCOCc1cc([C@@H]2O[C@H](CO)[C@H](O)C2O)c(F)cc1F)[C@@]1(C)CC[C@H]2[C@@H]3CC=C4CCCC[C@]4(C)[C@H]3CC[C@@]21C. The molecule has 268 valence electrons. The van der Waals surface area contributed by atoms with E-state index in [-0.39, 0.29) is 42.2 Å². The van der Waals surface area contributed by atoms with Crippen molar-refractivity contribution in [1.82, 2.24) is 5.32 Å². The molecular formula is C39H57F2NO6. The summed E-state index contributed by atoms with van der Waals surface area (Å²) in [5.41, 5.74) is 2.62. The number of amides is 1. The highest BCUT2D eigenvalue weighted by Gasteiger charge is 2.63. The number of allylic oxidation sites excluding steroid dienone is 2. The molecule has 1 heterocycles. The maximum Gasteiger partial charge on any atom is 0.220 e. The molecule has 1 aromatic carbocycles. The summed E-state index contributed by atoms with van der Waals surface area (Å²) in [5.74, 6) is 1.05. The number of aliphatic hydroxyl groups is 3. The Labute approximate surface area is 284 Å². The van der Waals surface area contributed by atoms with Crippen molar-refractivity contribution in [2.75, 3.05) is 19.8 Å². The molecule has 9 heteroatoms. The van der Waals surface area contributed by atoms with Crippen LogP contribution in [0.5, 0.6) is 0 Å². The first-order valence-corrected chi connectivity index (χ1v) is 18.5. The third-order valence-electron chi connectivity index (χ3n) is 14.4. The van der Waals surface area contributed by atoms with Crippen molar-refractivity contribution in [2.24, 2.45) is 39.9 Å². The number of rotatable bonds is 11. The van der Waals surface area contributed by atoms with Crippen LogP contribution in [-0.4, -0.2) is 59.3 Å². The van der Waals surface area contributed by atoms with Gasteiger partial charge in [-0.3, -0.25) is 4.79 Å². The van der Waals surface area contributed by atoms with Gasteiger partial charge in [0.25, 0.3) is 0 Å². The molecule has 5 aliphatic rings. The Morgan fingerprint density at radius 1 is 1.06 bits per heavy atom. The summed E-state index contributed by atoms with van der Waals surface area (Å²) in [6.45, 7) is 9.71. The number of aliphatic hydroxyl groups excluding tert-OH is 3. The minimum atomic E-state index is -1.47. The summed E-state index contributed by atoms with van der Waals surface area (Å²) in [4.78, 5) is 12.9. The van der Waals surface area contributed by atoms with Gasteiger partial charge in [-0.05, 0) is 104 Å². The molecule has 4 aliphatic carbocycles. The van der Waals surface area contributed by atoms with E-state index in [9.17, 15) is 28.9 Å².